The number of amides is 1. The Morgan fingerprint density at radius 2 is 2.05 bits per heavy atom. The second-order valence-electron chi connectivity index (χ2n) is 6.27. The van der Waals surface area contributed by atoms with Crippen molar-refractivity contribution in [3.8, 4) is 0 Å². The fourth-order valence-electron chi connectivity index (χ4n) is 2.77. The minimum Gasteiger partial charge on any atom is -0.381 e. The number of carbonyl (C=O) groups excluding carboxylic acids is 1. The highest BCUT2D eigenvalue weighted by Crippen LogP contribution is 2.24. The first-order valence-corrected chi connectivity index (χ1v) is 8.11. The summed E-state index contributed by atoms with van der Waals surface area (Å²) in [5.74, 6) is 0.321. The van der Waals surface area contributed by atoms with Crippen molar-refractivity contribution in [1.29, 1.82) is 0 Å². The normalized spacial score (nSPS) is 15.8. The van der Waals surface area contributed by atoms with E-state index in [9.17, 15) is 9.18 Å². The highest BCUT2D eigenvalue weighted by Gasteiger charge is 2.15. The second kappa shape index (κ2) is 8.13. The van der Waals surface area contributed by atoms with Gasteiger partial charge in [0, 0.05) is 12.5 Å². The van der Waals surface area contributed by atoms with Crippen LogP contribution >= 0.6 is 0 Å². The van der Waals surface area contributed by atoms with E-state index in [-0.39, 0.29) is 17.8 Å². The first-order chi connectivity index (χ1) is 10.5. The van der Waals surface area contributed by atoms with Crippen LogP contribution in [0, 0.1) is 11.7 Å². The molecule has 0 bridgehead atoms. The number of halogens is 1. The molecule has 1 saturated heterocycles. The van der Waals surface area contributed by atoms with Crippen LogP contribution in [0.1, 0.15) is 39.5 Å². The minimum absolute atomic E-state index is 0.00283. The summed E-state index contributed by atoms with van der Waals surface area (Å²) in [5, 5.41) is 9.39. The molecular formula is C17H26FN3O. The van der Waals surface area contributed by atoms with Gasteiger partial charge in [0.15, 0.2) is 0 Å². The van der Waals surface area contributed by atoms with Crippen LogP contribution in [0.25, 0.3) is 0 Å². The fraction of sp³-hybridized carbons (Fsp3) is 0.588. The van der Waals surface area contributed by atoms with Crippen LogP contribution in [0.15, 0.2) is 18.2 Å². The van der Waals surface area contributed by atoms with Crippen LogP contribution in [-0.4, -0.2) is 25.0 Å². The lowest BCUT2D eigenvalue weighted by Gasteiger charge is -2.22. The van der Waals surface area contributed by atoms with Crippen LogP contribution in [0.4, 0.5) is 15.8 Å². The summed E-state index contributed by atoms with van der Waals surface area (Å²) in [5.41, 5.74) is 1.27. The third kappa shape index (κ3) is 5.30. The summed E-state index contributed by atoms with van der Waals surface area (Å²) in [7, 11) is 0. The van der Waals surface area contributed by atoms with E-state index in [1.807, 2.05) is 13.8 Å². The summed E-state index contributed by atoms with van der Waals surface area (Å²) in [4.78, 5) is 12.1. The van der Waals surface area contributed by atoms with E-state index in [1.54, 1.807) is 6.07 Å². The number of hydrogen-bond donors (Lipinski definition) is 3. The van der Waals surface area contributed by atoms with Gasteiger partial charge in [-0.3, -0.25) is 4.79 Å². The Morgan fingerprint density at radius 1 is 1.32 bits per heavy atom. The molecule has 22 heavy (non-hydrogen) atoms. The molecule has 2 rings (SSSR count). The first-order valence-electron chi connectivity index (χ1n) is 8.11. The molecule has 1 aromatic carbocycles. The zero-order valence-corrected chi connectivity index (χ0v) is 13.4. The number of piperidine rings is 1. The SMILES string of the molecule is CC(C)Nc1cc(F)ccc1NC(=O)CCC1CCNCC1. The Kier molecular flexibility index (Phi) is 6.19. The number of anilines is 2. The van der Waals surface area contributed by atoms with Gasteiger partial charge >= 0.3 is 0 Å². The van der Waals surface area contributed by atoms with Gasteiger partial charge in [-0.25, -0.2) is 4.39 Å². The van der Waals surface area contributed by atoms with Crippen LogP contribution in [0.3, 0.4) is 0 Å². The maximum absolute atomic E-state index is 13.4. The highest BCUT2D eigenvalue weighted by molar-refractivity contribution is 5.94. The molecule has 122 valence electrons. The molecule has 1 aliphatic heterocycles. The van der Waals surface area contributed by atoms with Gasteiger partial charge in [-0.05, 0) is 70.3 Å². The number of hydrogen-bond acceptors (Lipinski definition) is 3. The lowest BCUT2D eigenvalue weighted by Crippen LogP contribution is -2.28. The molecule has 1 fully saturated rings. The number of rotatable bonds is 6. The third-order valence-corrected chi connectivity index (χ3v) is 3.94. The van der Waals surface area contributed by atoms with Gasteiger partial charge in [-0.15, -0.1) is 0 Å². The maximum atomic E-state index is 13.4. The fourth-order valence-corrected chi connectivity index (χ4v) is 2.77. The van der Waals surface area contributed by atoms with Gasteiger partial charge in [0.25, 0.3) is 0 Å². The molecule has 0 saturated carbocycles. The van der Waals surface area contributed by atoms with Crippen molar-refractivity contribution < 1.29 is 9.18 Å². The number of carbonyl (C=O) groups is 1. The van der Waals surface area contributed by atoms with Crippen LogP contribution in [-0.2, 0) is 4.79 Å². The Hall–Kier alpha value is -1.62. The number of benzene rings is 1. The van der Waals surface area contributed by atoms with Crippen molar-refractivity contribution in [3.05, 3.63) is 24.0 Å². The average Bonchev–Trinajstić information content (AvgIpc) is 2.48. The largest absolute Gasteiger partial charge is 0.381 e. The Bertz CT molecular complexity index is 499. The van der Waals surface area contributed by atoms with Crippen LogP contribution in [0.5, 0.6) is 0 Å². The maximum Gasteiger partial charge on any atom is 0.224 e. The van der Waals surface area contributed by atoms with E-state index in [2.05, 4.69) is 16.0 Å². The van der Waals surface area contributed by atoms with Crippen molar-refractivity contribution in [1.82, 2.24) is 5.32 Å². The molecule has 4 nitrogen and oxygen atoms in total. The van der Waals surface area contributed by atoms with Gasteiger partial charge in [0.2, 0.25) is 5.91 Å². The predicted molar refractivity (Wildman–Crippen MR) is 88.6 cm³/mol. The Labute approximate surface area is 131 Å². The third-order valence-electron chi connectivity index (χ3n) is 3.94. The lowest BCUT2D eigenvalue weighted by molar-refractivity contribution is -0.116. The monoisotopic (exact) mass is 307 g/mol. The first kappa shape index (κ1) is 16.7. The average molecular weight is 307 g/mol. The van der Waals surface area contributed by atoms with E-state index >= 15 is 0 Å². The molecule has 0 radical (unpaired) electrons. The molecule has 1 heterocycles. The number of nitrogens with one attached hydrogen (secondary N) is 3. The molecule has 0 unspecified atom stereocenters. The summed E-state index contributed by atoms with van der Waals surface area (Å²) < 4.78 is 13.4. The van der Waals surface area contributed by atoms with Crippen molar-refractivity contribution in [2.24, 2.45) is 5.92 Å². The summed E-state index contributed by atoms with van der Waals surface area (Å²) in [6, 6.07) is 4.57. The van der Waals surface area contributed by atoms with Gasteiger partial charge in [0.1, 0.15) is 5.82 Å². The van der Waals surface area contributed by atoms with Gasteiger partial charge in [0.05, 0.1) is 11.4 Å². The van der Waals surface area contributed by atoms with Crippen LogP contribution < -0.4 is 16.0 Å². The molecule has 0 aromatic heterocycles. The summed E-state index contributed by atoms with van der Waals surface area (Å²) >= 11 is 0. The van der Waals surface area contributed by atoms with E-state index in [0.29, 0.717) is 23.7 Å². The molecule has 1 amide bonds. The minimum atomic E-state index is -0.309. The smallest absolute Gasteiger partial charge is 0.224 e. The topological polar surface area (TPSA) is 53.2 Å². The predicted octanol–water partition coefficient (Wildman–Crippen LogP) is 3.36. The van der Waals surface area contributed by atoms with Crippen molar-refractivity contribution >= 4 is 17.3 Å². The zero-order chi connectivity index (χ0) is 15.9. The molecule has 3 N–H and O–H groups in total. The molecule has 0 aliphatic carbocycles. The molecule has 1 aliphatic rings. The van der Waals surface area contributed by atoms with E-state index in [0.717, 1.165) is 32.4 Å². The molecule has 1 aromatic rings. The van der Waals surface area contributed by atoms with E-state index in [1.165, 1.54) is 12.1 Å². The summed E-state index contributed by atoms with van der Waals surface area (Å²) in [6.07, 6.45) is 3.72. The lowest BCUT2D eigenvalue weighted by atomic mass is 9.93. The van der Waals surface area contributed by atoms with Gasteiger partial charge in [-0.2, -0.15) is 0 Å². The van der Waals surface area contributed by atoms with Gasteiger partial charge < -0.3 is 16.0 Å². The molecular weight excluding hydrogens is 281 g/mol. The second-order valence-corrected chi connectivity index (χ2v) is 6.27. The molecule has 5 heteroatoms. The van der Waals surface area contributed by atoms with E-state index < -0.39 is 0 Å². The highest BCUT2D eigenvalue weighted by atomic mass is 19.1. The summed E-state index contributed by atoms with van der Waals surface area (Å²) in [6.45, 7) is 6.06. The van der Waals surface area contributed by atoms with Gasteiger partial charge in [-0.1, -0.05) is 0 Å². The van der Waals surface area contributed by atoms with Crippen molar-refractivity contribution in [3.63, 3.8) is 0 Å². The Balaban J connectivity index is 1.89. The van der Waals surface area contributed by atoms with Crippen molar-refractivity contribution in [2.75, 3.05) is 23.7 Å². The quantitative estimate of drug-likeness (QED) is 0.755. The zero-order valence-electron chi connectivity index (χ0n) is 13.4. The van der Waals surface area contributed by atoms with Crippen molar-refractivity contribution in [2.45, 2.75) is 45.6 Å². The molecule has 0 spiro atoms. The molecule has 0 atom stereocenters. The van der Waals surface area contributed by atoms with E-state index in [4.69, 9.17) is 0 Å². The Morgan fingerprint density at radius 3 is 2.73 bits per heavy atom. The standard InChI is InChI=1S/C17H26FN3O/c1-12(2)20-16-11-14(18)4-5-15(16)21-17(22)6-3-13-7-9-19-10-8-13/h4-5,11-13,19-20H,3,6-10H2,1-2H3,(H,21,22). The van der Waals surface area contributed by atoms with Crippen LogP contribution in [0.2, 0.25) is 0 Å².